The first-order chi connectivity index (χ1) is 14.0. The number of pyridine rings is 1. The van der Waals surface area contributed by atoms with E-state index >= 15 is 0 Å². The van der Waals surface area contributed by atoms with Gasteiger partial charge in [0.1, 0.15) is 5.75 Å². The summed E-state index contributed by atoms with van der Waals surface area (Å²) in [5.74, 6) is 0.262. The SMILES string of the molecule is COc1ccc2nccc(NC(=O)c3cccc(S(=O)(=O)N4CCCC4)c3)c2c1. The molecule has 29 heavy (non-hydrogen) atoms. The van der Waals surface area contributed by atoms with Gasteiger partial charge in [-0.2, -0.15) is 4.31 Å². The number of rotatable bonds is 5. The second-order valence-electron chi connectivity index (χ2n) is 6.83. The molecule has 7 nitrogen and oxygen atoms in total. The highest BCUT2D eigenvalue weighted by molar-refractivity contribution is 7.89. The molecule has 3 aromatic rings. The summed E-state index contributed by atoms with van der Waals surface area (Å²) in [4.78, 5) is 17.3. The number of hydrogen-bond acceptors (Lipinski definition) is 5. The van der Waals surface area contributed by atoms with Crippen molar-refractivity contribution in [2.24, 2.45) is 0 Å². The molecular formula is C21H21N3O4S. The predicted molar refractivity (Wildman–Crippen MR) is 111 cm³/mol. The zero-order chi connectivity index (χ0) is 20.4. The van der Waals surface area contributed by atoms with E-state index in [1.54, 1.807) is 43.6 Å². The summed E-state index contributed by atoms with van der Waals surface area (Å²) in [5.41, 5.74) is 1.57. The minimum absolute atomic E-state index is 0.133. The fourth-order valence-electron chi connectivity index (χ4n) is 3.43. The molecule has 1 aliphatic rings. The number of benzene rings is 2. The number of amides is 1. The second kappa shape index (κ2) is 7.81. The van der Waals surface area contributed by atoms with Crippen LogP contribution in [-0.4, -0.2) is 43.8 Å². The van der Waals surface area contributed by atoms with Crippen molar-refractivity contribution in [3.05, 3.63) is 60.3 Å². The van der Waals surface area contributed by atoms with Gasteiger partial charge in [-0.25, -0.2) is 8.42 Å². The molecule has 1 saturated heterocycles. The van der Waals surface area contributed by atoms with Crippen molar-refractivity contribution in [1.82, 2.24) is 9.29 Å². The van der Waals surface area contributed by atoms with E-state index in [0.717, 1.165) is 18.2 Å². The molecular weight excluding hydrogens is 390 g/mol. The van der Waals surface area contributed by atoms with Crippen LogP contribution in [0.4, 0.5) is 5.69 Å². The monoisotopic (exact) mass is 411 g/mol. The van der Waals surface area contributed by atoms with Crippen LogP contribution in [0.5, 0.6) is 5.75 Å². The van der Waals surface area contributed by atoms with E-state index in [9.17, 15) is 13.2 Å². The number of ether oxygens (including phenoxy) is 1. The van der Waals surface area contributed by atoms with Crippen LogP contribution >= 0.6 is 0 Å². The van der Waals surface area contributed by atoms with E-state index in [1.165, 1.54) is 16.4 Å². The van der Waals surface area contributed by atoms with E-state index in [0.29, 0.717) is 30.0 Å². The van der Waals surface area contributed by atoms with E-state index in [4.69, 9.17) is 4.74 Å². The molecule has 1 amide bonds. The number of sulfonamides is 1. The van der Waals surface area contributed by atoms with E-state index in [1.807, 2.05) is 6.07 Å². The van der Waals surface area contributed by atoms with Gasteiger partial charge in [0, 0.05) is 30.2 Å². The van der Waals surface area contributed by atoms with Crippen molar-refractivity contribution >= 4 is 32.5 Å². The molecule has 2 heterocycles. The zero-order valence-corrected chi connectivity index (χ0v) is 16.8. The molecule has 0 unspecified atom stereocenters. The van der Waals surface area contributed by atoms with Gasteiger partial charge in [0.05, 0.1) is 23.2 Å². The average Bonchev–Trinajstić information content (AvgIpc) is 3.29. The van der Waals surface area contributed by atoms with Gasteiger partial charge in [-0.3, -0.25) is 9.78 Å². The maximum Gasteiger partial charge on any atom is 0.255 e. The molecule has 0 aliphatic carbocycles. The Morgan fingerprint density at radius 3 is 2.66 bits per heavy atom. The first-order valence-corrected chi connectivity index (χ1v) is 10.8. The smallest absolute Gasteiger partial charge is 0.255 e. The van der Waals surface area contributed by atoms with Crippen LogP contribution in [0.1, 0.15) is 23.2 Å². The molecule has 150 valence electrons. The van der Waals surface area contributed by atoms with Crippen molar-refractivity contribution in [2.75, 3.05) is 25.5 Å². The summed E-state index contributed by atoms with van der Waals surface area (Å²) in [6.07, 6.45) is 3.33. The lowest BCUT2D eigenvalue weighted by molar-refractivity contribution is 0.102. The Hall–Kier alpha value is -2.97. The quantitative estimate of drug-likeness (QED) is 0.696. The fourth-order valence-corrected chi connectivity index (χ4v) is 4.99. The normalized spacial score (nSPS) is 14.8. The Kier molecular flexibility index (Phi) is 5.21. The highest BCUT2D eigenvalue weighted by Gasteiger charge is 2.27. The number of nitrogens with zero attached hydrogens (tertiary/aromatic N) is 2. The fraction of sp³-hybridized carbons (Fsp3) is 0.238. The summed E-state index contributed by atoms with van der Waals surface area (Å²) in [5, 5.41) is 3.59. The highest BCUT2D eigenvalue weighted by Crippen LogP contribution is 2.27. The summed E-state index contributed by atoms with van der Waals surface area (Å²) >= 11 is 0. The number of fused-ring (bicyclic) bond motifs is 1. The van der Waals surface area contributed by atoms with Gasteiger partial charge >= 0.3 is 0 Å². The number of carbonyl (C=O) groups is 1. The standard InChI is InChI=1S/C21H21N3O4S/c1-28-16-7-8-19-18(14-16)20(9-10-22-19)23-21(25)15-5-4-6-17(13-15)29(26,27)24-11-2-3-12-24/h4-10,13-14H,2-3,11-12H2,1H3,(H,22,23,25). The Labute approximate surface area is 169 Å². The molecule has 0 saturated carbocycles. The summed E-state index contributed by atoms with van der Waals surface area (Å²) in [6.45, 7) is 1.03. The van der Waals surface area contributed by atoms with Crippen molar-refractivity contribution < 1.29 is 17.9 Å². The van der Waals surface area contributed by atoms with Gasteiger partial charge < -0.3 is 10.1 Å². The molecule has 0 spiro atoms. The largest absolute Gasteiger partial charge is 0.497 e. The Morgan fingerprint density at radius 1 is 1.10 bits per heavy atom. The minimum atomic E-state index is -3.58. The second-order valence-corrected chi connectivity index (χ2v) is 8.77. The molecule has 0 radical (unpaired) electrons. The number of carbonyl (C=O) groups excluding carboxylic acids is 1. The Bertz CT molecular complexity index is 1170. The van der Waals surface area contributed by atoms with Crippen LogP contribution in [-0.2, 0) is 10.0 Å². The van der Waals surface area contributed by atoms with Gasteiger partial charge in [-0.05, 0) is 55.3 Å². The molecule has 1 aromatic heterocycles. The zero-order valence-electron chi connectivity index (χ0n) is 16.0. The third-order valence-electron chi connectivity index (χ3n) is 5.00. The number of nitrogens with one attached hydrogen (secondary N) is 1. The third-order valence-corrected chi connectivity index (χ3v) is 6.89. The van der Waals surface area contributed by atoms with Gasteiger partial charge in [0.15, 0.2) is 0 Å². The molecule has 1 fully saturated rings. The predicted octanol–water partition coefficient (Wildman–Crippen LogP) is 3.28. The van der Waals surface area contributed by atoms with E-state index < -0.39 is 15.9 Å². The molecule has 0 bridgehead atoms. The van der Waals surface area contributed by atoms with Gasteiger partial charge in [0.25, 0.3) is 5.91 Å². The van der Waals surface area contributed by atoms with Crippen LogP contribution in [0.15, 0.2) is 59.6 Å². The third kappa shape index (κ3) is 3.81. The van der Waals surface area contributed by atoms with E-state index in [2.05, 4.69) is 10.3 Å². The number of aromatic nitrogens is 1. The maximum atomic E-state index is 12.8. The molecule has 8 heteroatoms. The summed E-state index contributed by atoms with van der Waals surface area (Å²) < 4.78 is 32.3. The number of hydrogen-bond donors (Lipinski definition) is 1. The van der Waals surface area contributed by atoms with Crippen molar-refractivity contribution in [3.8, 4) is 5.75 Å². The Morgan fingerprint density at radius 2 is 1.90 bits per heavy atom. The minimum Gasteiger partial charge on any atom is -0.497 e. The van der Waals surface area contributed by atoms with Crippen LogP contribution in [0.25, 0.3) is 10.9 Å². The topological polar surface area (TPSA) is 88.6 Å². The number of methoxy groups -OCH3 is 1. The number of anilines is 1. The van der Waals surface area contributed by atoms with Gasteiger partial charge in [-0.15, -0.1) is 0 Å². The van der Waals surface area contributed by atoms with Crippen molar-refractivity contribution in [3.63, 3.8) is 0 Å². The summed E-state index contributed by atoms with van der Waals surface area (Å²) in [7, 11) is -2.01. The summed E-state index contributed by atoms with van der Waals surface area (Å²) in [6, 6.07) is 13.2. The van der Waals surface area contributed by atoms with Gasteiger partial charge in [0.2, 0.25) is 10.0 Å². The molecule has 2 aromatic carbocycles. The average molecular weight is 411 g/mol. The van der Waals surface area contributed by atoms with Crippen molar-refractivity contribution in [2.45, 2.75) is 17.7 Å². The van der Waals surface area contributed by atoms with Crippen LogP contribution in [0.2, 0.25) is 0 Å². The van der Waals surface area contributed by atoms with Crippen LogP contribution in [0.3, 0.4) is 0 Å². The molecule has 4 rings (SSSR count). The lowest BCUT2D eigenvalue weighted by Gasteiger charge is -2.16. The maximum absolute atomic E-state index is 12.8. The van der Waals surface area contributed by atoms with Crippen molar-refractivity contribution in [1.29, 1.82) is 0 Å². The lowest BCUT2D eigenvalue weighted by atomic mass is 10.1. The first kappa shape index (κ1) is 19.4. The molecule has 1 aliphatic heterocycles. The van der Waals surface area contributed by atoms with Crippen LogP contribution < -0.4 is 10.1 Å². The lowest BCUT2D eigenvalue weighted by Crippen LogP contribution is -2.28. The Balaban J connectivity index is 1.64. The highest BCUT2D eigenvalue weighted by atomic mass is 32.2. The van der Waals surface area contributed by atoms with E-state index in [-0.39, 0.29) is 10.5 Å². The first-order valence-electron chi connectivity index (χ1n) is 9.33. The molecule has 0 atom stereocenters. The van der Waals surface area contributed by atoms with Crippen LogP contribution in [0, 0.1) is 0 Å². The van der Waals surface area contributed by atoms with Gasteiger partial charge in [-0.1, -0.05) is 6.07 Å². The molecule has 1 N–H and O–H groups in total.